The zero-order chi connectivity index (χ0) is 14.1. The molecule has 0 saturated heterocycles. The summed E-state index contributed by atoms with van der Waals surface area (Å²) in [6, 6.07) is 7.91. The Morgan fingerprint density at radius 1 is 1.40 bits per heavy atom. The lowest BCUT2D eigenvalue weighted by Gasteiger charge is -2.21. The second-order valence-corrected chi connectivity index (χ2v) is 5.17. The normalized spacial score (nSPS) is 14.2. The Bertz CT molecular complexity index is 614. The van der Waals surface area contributed by atoms with Crippen LogP contribution in [-0.4, -0.2) is 21.8 Å². The topological polar surface area (TPSA) is 72.4 Å². The highest BCUT2D eigenvalue weighted by molar-refractivity contribution is 5.92. The molecule has 1 aromatic heterocycles. The number of nitrogen functional groups attached to an aromatic ring is 1. The second-order valence-electron chi connectivity index (χ2n) is 5.17. The summed E-state index contributed by atoms with van der Waals surface area (Å²) in [5, 5.41) is 0. The number of hydrogen-bond acceptors (Lipinski definition) is 4. The zero-order valence-corrected chi connectivity index (χ0v) is 11.4. The molecule has 1 fully saturated rings. The van der Waals surface area contributed by atoms with E-state index in [-0.39, 0.29) is 5.91 Å². The molecule has 5 nitrogen and oxygen atoms in total. The van der Waals surface area contributed by atoms with Crippen LogP contribution in [0.2, 0.25) is 0 Å². The van der Waals surface area contributed by atoms with Gasteiger partial charge < -0.3 is 15.1 Å². The van der Waals surface area contributed by atoms with Crippen molar-refractivity contribution in [1.82, 2.24) is 9.88 Å². The molecule has 1 heterocycles. The van der Waals surface area contributed by atoms with Gasteiger partial charge in [-0.3, -0.25) is 4.79 Å². The minimum absolute atomic E-state index is 0.0840. The summed E-state index contributed by atoms with van der Waals surface area (Å²) in [4.78, 5) is 18.4. The predicted molar refractivity (Wildman–Crippen MR) is 75.0 cm³/mol. The number of aromatic nitrogens is 1. The molecule has 0 radical (unpaired) electrons. The molecule has 20 heavy (non-hydrogen) atoms. The van der Waals surface area contributed by atoms with E-state index in [2.05, 4.69) is 4.98 Å². The Labute approximate surface area is 117 Å². The van der Waals surface area contributed by atoms with Gasteiger partial charge in [-0.15, -0.1) is 0 Å². The number of benzene rings is 1. The van der Waals surface area contributed by atoms with Gasteiger partial charge in [-0.05, 0) is 37.5 Å². The maximum Gasteiger partial charge on any atom is 0.292 e. The molecule has 0 atom stereocenters. The quantitative estimate of drug-likeness (QED) is 0.866. The minimum Gasteiger partial charge on any atom is -0.438 e. The summed E-state index contributed by atoms with van der Waals surface area (Å²) in [5.74, 6) is 0.256. The number of aryl methyl sites for hydroxylation is 1. The van der Waals surface area contributed by atoms with Crippen molar-refractivity contribution in [2.75, 3.05) is 5.73 Å². The van der Waals surface area contributed by atoms with Crippen molar-refractivity contribution >= 4 is 11.6 Å². The van der Waals surface area contributed by atoms with Gasteiger partial charge in [0.1, 0.15) is 0 Å². The van der Waals surface area contributed by atoms with Crippen molar-refractivity contribution in [3.63, 3.8) is 0 Å². The van der Waals surface area contributed by atoms with Gasteiger partial charge in [-0.2, -0.15) is 0 Å². The van der Waals surface area contributed by atoms with Crippen LogP contribution in [0.4, 0.5) is 5.69 Å². The van der Waals surface area contributed by atoms with Crippen LogP contribution in [0.15, 0.2) is 35.1 Å². The molecule has 1 amide bonds. The van der Waals surface area contributed by atoms with E-state index < -0.39 is 0 Å². The van der Waals surface area contributed by atoms with Gasteiger partial charge in [0.2, 0.25) is 5.76 Å². The molecule has 0 aliphatic heterocycles. The third-order valence-corrected chi connectivity index (χ3v) is 3.52. The van der Waals surface area contributed by atoms with Crippen molar-refractivity contribution in [3.05, 3.63) is 47.7 Å². The summed E-state index contributed by atoms with van der Waals surface area (Å²) >= 11 is 0. The Balaban J connectivity index is 1.81. The number of amides is 1. The predicted octanol–water partition coefficient (Wildman–Crippen LogP) is 2.37. The molecule has 5 heteroatoms. The largest absolute Gasteiger partial charge is 0.438 e. The molecular formula is C15H17N3O2. The first-order valence-corrected chi connectivity index (χ1v) is 6.70. The maximum atomic E-state index is 12.5. The van der Waals surface area contributed by atoms with Crippen LogP contribution < -0.4 is 5.73 Å². The average Bonchev–Trinajstić information content (AvgIpc) is 3.19. The summed E-state index contributed by atoms with van der Waals surface area (Å²) in [6.07, 6.45) is 3.42. The van der Waals surface area contributed by atoms with E-state index in [9.17, 15) is 4.79 Å². The smallest absolute Gasteiger partial charge is 0.292 e. The number of nitrogens with two attached hydrogens (primary N) is 1. The molecule has 3 rings (SSSR count). The number of rotatable bonds is 4. The number of carbonyl (C=O) groups excluding carboxylic acids is 1. The van der Waals surface area contributed by atoms with E-state index in [0.29, 0.717) is 24.0 Å². The lowest BCUT2D eigenvalue weighted by Crippen LogP contribution is -2.32. The van der Waals surface area contributed by atoms with Crippen LogP contribution in [-0.2, 0) is 6.54 Å². The molecule has 0 spiro atoms. The fourth-order valence-electron chi connectivity index (χ4n) is 2.21. The van der Waals surface area contributed by atoms with E-state index in [1.54, 1.807) is 6.92 Å². The van der Waals surface area contributed by atoms with Gasteiger partial charge in [0.05, 0.1) is 5.69 Å². The third kappa shape index (κ3) is 2.52. The van der Waals surface area contributed by atoms with Crippen LogP contribution in [0.3, 0.4) is 0 Å². The van der Waals surface area contributed by atoms with Crippen molar-refractivity contribution in [2.45, 2.75) is 32.4 Å². The molecule has 1 aromatic carbocycles. The van der Waals surface area contributed by atoms with E-state index in [4.69, 9.17) is 10.2 Å². The highest BCUT2D eigenvalue weighted by Crippen LogP contribution is 2.30. The van der Waals surface area contributed by atoms with Crippen molar-refractivity contribution < 1.29 is 9.21 Å². The monoisotopic (exact) mass is 271 g/mol. The third-order valence-electron chi connectivity index (χ3n) is 3.52. The molecule has 0 unspecified atom stereocenters. The average molecular weight is 271 g/mol. The van der Waals surface area contributed by atoms with Crippen LogP contribution in [0.5, 0.6) is 0 Å². The van der Waals surface area contributed by atoms with Gasteiger partial charge in [0, 0.05) is 18.3 Å². The van der Waals surface area contributed by atoms with Gasteiger partial charge in [-0.25, -0.2) is 4.98 Å². The SMILES string of the molecule is Cc1ncoc1C(=O)N(Cc1ccc(N)cc1)C1CC1. The number of nitrogens with zero attached hydrogens (tertiary/aromatic N) is 2. The Hall–Kier alpha value is -2.30. The van der Waals surface area contributed by atoms with Crippen LogP contribution >= 0.6 is 0 Å². The van der Waals surface area contributed by atoms with E-state index in [0.717, 1.165) is 24.1 Å². The highest BCUT2D eigenvalue weighted by Gasteiger charge is 2.35. The standard InChI is InChI=1S/C15H17N3O2/c1-10-14(20-9-17-10)15(19)18(13-6-7-13)8-11-2-4-12(16)5-3-11/h2-5,9,13H,6-8,16H2,1H3. The first-order chi connectivity index (χ1) is 9.65. The number of oxazole rings is 1. The lowest BCUT2D eigenvalue weighted by molar-refractivity contribution is 0.0696. The number of anilines is 1. The van der Waals surface area contributed by atoms with Crippen LogP contribution in [0.1, 0.15) is 34.7 Å². The second kappa shape index (κ2) is 5.00. The summed E-state index contributed by atoms with van der Waals surface area (Å²) in [7, 11) is 0. The van der Waals surface area contributed by atoms with Crippen molar-refractivity contribution in [1.29, 1.82) is 0 Å². The summed E-state index contributed by atoms with van der Waals surface area (Å²) < 4.78 is 5.22. The fourth-order valence-corrected chi connectivity index (χ4v) is 2.21. The molecule has 2 N–H and O–H groups in total. The fraction of sp³-hybridized carbons (Fsp3) is 0.333. The molecular weight excluding hydrogens is 254 g/mol. The summed E-state index contributed by atoms with van der Waals surface area (Å²) in [5.41, 5.74) is 8.11. The molecule has 1 aliphatic rings. The van der Waals surface area contributed by atoms with E-state index in [1.807, 2.05) is 29.2 Å². The van der Waals surface area contributed by atoms with E-state index in [1.165, 1.54) is 6.39 Å². The molecule has 1 saturated carbocycles. The molecule has 1 aliphatic carbocycles. The van der Waals surface area contributed by atoms with Crippen molar-refractivity contribution in [3.8, 4) is 0 Å². The lowest BCUT2D eigenvalue weighted by atomic mass is 10.2. The Morgan fingerprint density at radius 2 is 2.10 bits per heavy atom. The molecule has 2 aromatic rings. The van der Waals surface area contributed by atoms with Gasteiger partial charge in [-0.1, -0.05) is 12.1 Å². The Morgan fingerprint density at radius 3 is 2.65 bits per heavy atom. The minimum atomic E-state index is -0.0840. The Kier molecular flexibility index (Phi) is 3.18. The maximum absolute atomic E-state index is 12.5. The molecule has 104 valence electrons. The van der Waals surface area contributed by atoms with Crippen molar-refractivity contribution in [2.24, 2.45) is 0 Å². The first-order valence-electron chi connectivity index (χ1n) is 6.70. The number of hydrogen-bond donors (Lipinski definition) is 1. The zero-order valence-electron chi connectivity index (χ0n) is 11.4. The van der Waals surface area contributed by atoms with Gasteiger partial charge >= 0.3 is 0 Å². The van der Waals surface area contributed by atoms with E-state index >= 15 is 0 Å². The van der Waals surface area contributed by atoms with Gasteiger partial charge in [0.15, 0.2) is 6.39 Å². The summed E-state index contributed by atoms with van der Waals surface area (Å²) in [6.45, 7) is 2.36. The van der Waals surface area contributed by atoms with Gasteiger partial charge in [0.25, 0.3) is 5.91 Å². The first kappa shape index (κ1) is 12.7. The van der Waals surface area contributed by atoms with Crippen LogP contribution in [0.25, 0.3) is 0 Å². The van der Waals surface area contributed by atoms with Crippen LogP contribution in [0, 0.1) is 6.92 Å². The number of carbonyl (C=O) groups is 1. The molecule has 0 bridgehead atoms. The highest BCUT2D eigenvalue weighted by atomic mass is 16.3.